The van der Waals surface area contributed by atoms with Crippen LogP contribution in [0.1, 0.15) is 25.3 Å². The Morgan fingerprint density at radius 1 is 1.33 bits per heavy atom. The van der Waals surface area contributed by atoms with E-state index >= 15 is 0 Å². The molecule has 2 atom stereocenters. The quantitative estimate of drug-likeness (QED) is 0.619. The fourth-order valence-electron chi connectivity index (χ4n) is 1.93. The molecule has 0 saturated carbocycles. The first-order chi connectivity index (χ1) is 8.47. The van der Waals surface area contributed by atoms with Crippen molar-refractivity contribution in [3.05, 3.63) is 60.1 Å². The fraction of sp³-hybridized carbons (Fsp3) is 0.333. The van der Waals surface area contributed by atoms with Crippen molar-refractivity contribution in [3.63, 3.8) is 0 Å². The molecular formula is C15H20FNO. The molecule has 0 aliphatic rings. The molecule has 0 radical (unpaired) electrons. The van der Waals surface area contributed by atoms with E-state index in [1.165, 1.54) is 12.1 Å². The minimum Gasteiger partial charge on any atom is -0.494 e. The van der Waals surface area contributed by atoms with Crippen molar-refractivity contribution in [1.82, 2.24) is 0 Å². The van der Waals surface area contributed by atoms with Crippen molar-refractivity contribution >= 4 is 0 Å². The van der Waals surface area contributed by atoms with Crippen molar-refractivity contribution in [2.45, 2.75) is 25.8 Å². The van der Waals surface area contributed by atoms with E-state index in [4.69, 9.17) is 10.5 Å². The minimum absolute atomic E-state index is 0.121. The molecule has 2 nitrogen and oxygen atoms in total. The molecular weight excluding hydrogens is 229 g/mol. The van der Waals surface area contributed by atoms with E-state index in [1.54, 1.807) is 12.1 Å². The molecule has 0 amide bonds. The predicted molar refractivity (Wildman–Crippen MR) is 72.7 cm³/mol. The second-order valence-corrected chi connectivity index (χ2v) is 4.27. The maximum Gasteiger partial charge on any atom is 0.123 e. The van der Waals surface area contributed by atoms with Crippen molar-refractivity contribution in [2.75, 3.05) is 6.61 Å². The van der Waals surface area contributed by atoms with E-state index in [9.17, 15) is 4.39 Å². The third-order valence-electron chi connectivity index (χ3n) is 2.81. The van der Waals surface area contributed by atoms with Crippen molar-refractivity contribution < 1.29 is 9.13 Å². The number of benzene rings is 1. The molecule has 98 valence electrons. The summed E-state index contributed by atoms with van der Waals surface area (Å²) in [7, 11) is 0. The highest BCUT2D eigenvalue weighted by Gasteiger charge is 2.22. The molecule has 1 aromatic carbocycles. The van der Waals surface area contributed by atoms with Crippen LogP contribution in [0.3, 0.4) is 0 Å². The molecule has 2 N–H and O–H groups in total. The SMILES string of the molecule is C=C(OCC)C(=C)C(c1ccc(F)cc1)C(C)N. The number of rotatable bonds is 6. The number of hydrogen-bond donors (Lipinski definition) is 1. The Labute approximate surface area is 108 Å². The van der Waals surface area contributed by atoms with E-state index in [-0.39, 0.29) is 17.8 Å². The van der Waals surface area contributed by atoms with E-state index in [2.05, 4.69) is 13.2 Å². The maximum absolute atomic E-state index is 12.9. The van der Waals surface area contributed by atoms with Crippen LogP contribution in [0.25, 0.3) is 0 Å². The Balaban J connectivity index is 2.99. The van der Waals surface area contributed by atoms with E-state index < -0.39 is 0 Å². The van der Waals surface area contributed by atoms with Gasteiger partial charge >= 0.3 is 0 Å². The van der Waals surface area contributed by atoms with Crippen LogP contribution in [0, 0.1) is 5.82 Å². The number of nitrogens with two attached hydrogens (primary N) is 1. The van der Waals surface area contributed by atoms with Crippen LogP contribution < -0.4 is 5.73 Å². The van der Waals surface area contributed by atoms with Gasteiger partial charge in [-0.3, -0.25) is 0 Å². The molecule has 18 heavy (non-hydrogen) atoms. The molecule has 0 heterocycles. The van der Waals surface area contributed by atoms with Gasteiger partial charge in [-0.1, -0.05) is 25.3 Å². The second kappa shape index (κ2) is 6.36. The summed E-state index contributed by atoms with van der Waals surface area (Å²) in [4.78, 5) is 0. The third kappa shape index (κ3) is 3.44. The van der Waals surface area contributed by atoms with Crippen LogP contribution in [0.4, 0.5) is 4.39 Å². The van der Waals surface area contributed by atoms with Crippen LogP contribution in [0.15, 0.2) is 48.8 Å². The highest BCUT2D eigenvalue weighted by molar-refractivity contribution is 5.37. The normalized spacial score (nSPS) is 13.8. The molecule has 0 aromatic heterocycles. The van der Waals surface area contributed by atoms with Crippen molar-refractivity contribution in [1.29, 1.82) is 0 Å². The zero-order chi connectivity index (χ0) is 13.7. The molecule has 3 heteroatoms. The predicted octanol–water partition coefficient (Wildman–Crippen LogP) is 3.36. The molecule has 0 saturated heterocycles. The highest BCUT2D eigenvalue weighted by Crippen LogP contribution is 2.30. The number of hydrogen-bond acceptors (Lipinski definition) is 2. The summed E-state index contributed by atoms with van der Waals surface area (Å²) in [5, 5.41) is 0. The number of halogens is 1. The third-order valence-corrected chi connectivity index (χ3v) is 2.81. The lowest BCUT2D eigenvalue weighted by Gasteiger charge is -2.24. The first-order valence-corrected chi connectivity index (χ1v) is 5.99. The highest BCUT2D eigenvalue weighted by atomic mass is 19.1. The number of allylic oxidation sites excluding steroid dienone is 1. The van der Waals surface area contributed by atoms with Gasteiger partial charge in [-0.05, 0) is 37.1 Å². The average molecular weight is 249 g/mol. The Morgan fingerprint density at radius 3 is 2.33 bits per heavy atom. The van der Waals surface area contributed by atoms with Crippen molar-refractivity contribution in [2.24, 2.45) is 5.73 Å². The molecule has 0 fully saturated rings. The zero-order valence-corrected chi connectivity index (χ0v) is 10.9. The van der Waals surface area contributed by atoms with Crippen molar-refractivity contribution in [3.8, 4) is 0 Å². The summed E-state index contributed by atoms with van der Waals surface area (Å²) >= 11 is 0. The molecule has 0 aliphatic heterocycles. The summed E-state index contributed by atoms with van der Waals surface area (Å²) in [6.07, 6.45) is 0. The summed E-state index contributed by atoms with van der Waals surface area (Å²) < 4.78 is 18.3. The van der Waals surface area contributed by atoms with E-state index in [1.807, 2.05) is 13.8 Å². The molecule has 1 rings (SSSR count). The largest absolute Gasteiger partial charge is 0.494 e. The van der Waals surface area contributed by atoms with Crippen LogP contribution in [-0.2, 0) is 4.74 Å². The van der Waals surface area contributed by atoms with Gasteiger partial charge in [0.1, 0.15) is 11.6 Å². The minimum atomic E-state index is -0.267. The van der Waals surface area contributed by atoms with Gasteiger partial charge in [0.25, 0.3) is 0 Å². The monoisotopic (exact) mass is 249 g/mol. The summed E-state index contributed by atoms with van der Waals surface area (Å²) in [5.41, 5.74) is 7.64. The van der Waals surface area contributed by atoms with Gasteiger partial charge in [0.2, 0.25) is 0 Å². The van der Waals surface area contributed by atoms with Crippen LogP contribution >= 0.6 is 0 Å². The molecule has 0 spiro atoms. The van der Waals surface area contributed by atoms with Gasteiger partial charge in [0.05, 0.1) is 6.61 Å². The van der Waals surface area contributed by atoms with Gasteiger partial charge in [0, 0.05) is 12.0 Å². The van der Waals surface area contributed by atoms with E-state index in [0.29, 0.717) is 12.4 Å². The Kier molecular flexibility index (Phi) is 5.10. The lowest BCUT2D eigenvalue weighted by molar-refractivity contribution is 0.235. The molecule has 1 aromatic rings. The first kappa shape index (κ1) is 14.5. The lowest BCUT2D eigenvalue weighted by Crippen LogP contribution is -2.27. The van der Waals surface area contributed by atoms with Crippen LogP contribution in [0.2, 0.25) is 0 Å². The van der Waals surface area contributed by atoms with Gasteiger partial charge < -0.3 is 10.5 Å². The van der Waals surface area contributed by atoms with E-state index in [0.717, 1.165) is 11.1 Å². The fourth-order valence-corrected chi connectivity index (χ4v) is 1.93. The van der Waals surface area contributed by atoms with Gasteiger partial charge in [-0.25, -0.2) is 4.39 Å². The lowest BCUT2D eigenvalue weighted by atomic mass is 9.86. The topological polar surface area (TPSA) is 35.2 Å². The summed E-state index contributed by atoms with van der Waals surface area (Å²) in [5.74, 6) is 0.144. The van der Waals surface area contributed by atoms with Gasteiger partial charge in [-0.2, -0.15) is 0 Å². The maximum atomic E-state index is 12.9. The van der Waals surface area contributed by atoms with Gasteiger partial charge in [-0.15, -0.1) is 0 Å². The Hall–Kier alpha value is -1.61. The van der Waals surface area contributed by atoms with Gasteiger partial charge in [0.15, 0.2) is 0 Å². The standard InChI is InChI=1S/C15H20FNO/c1-5-18-12(4)10(2)15(11(3)17)13-6-8-14(16)9-7-13/h6-9,11,15H,2,4-5,17H2,1,3H3. The summed E-state index contributed by atoms with van der Waals surface area (Å²) in [6.45, 7) is 12.1. The Morgan fingerprint density at radius 2 is 1.89 bits per heavy atom. The zero-order valence-electron chi connectivity index (χ0n) is 10.9. The summed E-state index contributed by atoms with van der Waals surface area (Å²) in [6, 6.07) is 6.12. The smallest absolute Gasteiger partial charge is 0.123 e. The molecule has 2 unspecified atom stereocenters. The molecule has 0 aliphatic carbocycles. The Bertz CT molecular complexity index is 423. The van der Waals surface area contributed by atoms with Crippen LogP contribution in [-0.4, -0.2) is 12.6 Å². The first-order valence-electron chi connectivity index (χ1n) is 5.99. The van der Waals surface area contributed by atoms with Crippen LogP contribution in [0.5, 0.6) is 0 Å². The molecule has 0 bridgehead atoms. The second-order valence-electron chi connectivity index (χ2n) is 4.27. The average Bonchev–Trinajstić information content (AvgIpc) is 2.31. The number of ether oxygens (including phenoxy) is 1.